The van der Waals surface area contributed by atoms with Crippen molar-refractivity contribution < 1.29 is 37.8 Å². The predicted molar refractivity (Wildman–Crippen MR) is 192 cm³/mol. The highest BCUT2D eigenvalue weighted by atomic mass is 28.4. The number of benzene rings is 2. The van der Waals surface area contributed by atoms with Gasteiger partial charge in [0.15, 0.2) is 24.5 Å². The van der Waals surface area contributed by atoms with Gasteiger partial charge < -0.3 is 28.2 Å². The molecule has 50 heavy (non-hydrogen) atoms. The molecular weight excluding hydrogens is 655 g/mol. The smallest absolute Gasteiger partial charge is 0.306 e. The second-order valence-corrected chi connectivity index (χ2v) is 19.1. The minimum Gasteiger partial charge on any atom is -0.457 e. The number of ether oxygens (including phenoxy) is 4. The minimum absolute atomic E-state index is 0.0231. The Hall–Kier alpha value is -3.38. The van der Waals surface area contributed by atoms with Gasteiger partial charge in [-0.2, -0.15) is 0 Å². The van der Waals surface area contributed by atoms with Crippen molar-refractivity contribution in [2.45, 2.75) is 130 Å². The summed E-state index contributed by atoms with van der Waals surface area (Å²) in [5.74, 6) is -1.66. The summed E-state index contributed by atoms with van der Waals surface area (Å²) in [4.78, 5) is 41.7. The maximum atomic E-state index is 13.5. The van der Waals surface area contributed by atoms with Crippen LogP contribution in [0.25, 0.3) is 10.4 Å². The molecule has 2 aliphatic rings. The number of hydrogen-bond acceptors (Lipinski definition) is 9. The van der Waals surface area contributed by atoms with Crippen molar-refractivity contribution in [1.82, 2.24) is 0 Å². The summed E-state index contributed by atoms with van der Waals surface area (Å²) in [6.45, 7) is 17.1. The second kappa shape index (κ2) is 16.8. The Labute approximate surface area is 297 Å². The average Bonchev–Trinajstić information content (AvgIpc) is 3.08. The third kappa shape index (κ3) is 8.38. The number of carbonyl (C=O) groups excluding carboxylic acids is 3. The molecule has 0 N–H and O–H groups in total. The summed E-state index contributed by atoms with van der Waals surface area (Å²) in [7, 11) is -3.28. The summed E-state index contributed by atoms with van der Waals surface area (Å²) in [6, 6.07) is 19.3. The lowest BCUT2D eigenvalue weighted by Crippen LogP contribution is -2.71. The van der Waals surface area contributed by atoms with Crippen LogP contribution in [0.4, 0.5) is 0 Å². The Kier molecular flexibility index (Phi) is 13.2. The van der Waals surface area contributed by atoms with Crippen molar-refractivity contribution in [3.05, 3.63) is 71.1 Å². The summed E-state index contributed by atoms with van der Waals surface area (Å²) in [5.41, 5.74) is 9.46. The minimum atomic E-state index is -3.28. The Morgan fingerprint density at radius 1 is 0.840 bits per heavy atom. The van der Waals surface area contributed by atoms with Crippen LogP contribution in [0.15, 0.2) is 65.8 Å². The molecule has 12 heteroatoms. The lowest BCUT2D eigenvalue weighted by molar-refractivity contribution is -0.310. The van der Waals surface area contributed by atoms with Gasteiger partial charge in [-0.3, -0.25) is 9.59 Å². The van der Waals surface area contributed by atoms with Crippen LogP contribution >= 0.6 is 0 Å². The van der Waals surface area contributed by atoms with Crippen LogP contribution < -0.4 is 10.4 Å². The third-order valence-electron chi connectivity index (χ3n) is 10.4. The van der Waals surface area contributed by atoms with Gasteiger partial charge in [-0.25, -0.2) is 0 Å². The van der Waals surface area contributed by atoms with E-state index in [1.54, 1.807) is 0 Å². The van der Waals surface area contributed by atoms with Crippen molar-refractivity contribution >= 4 is 36.2 Å². The van der Waals surface area contributed by atoms with E-state index in [0.29, 0.717) is 6.42 Å². The van der Waals surface area contributed by atoms with E-state index >= 15 is 0 Å². The Balaban J connectivity index is 1.83. The SMILES string of the molecule is CC[C@@H]1O[C@H](O[C@H]2[C@H](C)C(OC(=O)CCC(C)=O)[C@H](O[Si](c3ccccc3)(c3ccccc3)C(C)(C)C)O[C@H]2C(C)=O)C(N=[N+]=[N-])[C@@H](C)[C@@H]1C. The van der Waals surface area contributed by atoms with Crippen molar-refractivity contribution in [2.75, 3.05) is 0 Å². The molecule has 2 aromatic rings. The Morgan fingerprint density at radius 3 is 1.90 bits per heavy atom. The van der Waals surface area contributed by atoms with E-state index in [-0.39, 0.29) is 42.3 Å². The zero-order chi connectivity index (χ0) is 36.8. The zero-order valence-electron chi connectivity index (χ0n) is 30.8. The van der Waals surface area contributed by atoms with Gasteiger partial charge in [0.2, 0.25) is 0 Å². The molecule has 0 radical (unpaired) electrons. The first-order valence-corrected chi connectivity index (χ1v) is 19.6. The van der Waals surface area contributed by atoms with Gasteiger partial charge in [-0.15, -0.1) is 0 Å². The van der Waals surface area contributed by atoms with Crippen LogP contribution in [0.1, 0.15) is 81.6 Å². The first-order chi connectivity index (χ1) is 23.7. The number of esters is 1. The highest BCUT2D eigenvalue weighted by Gasteiger charge is 2.57. The van der Waals surface area contributed by atoms with E-state index in [2.05, 4.69) is 37.7 Å². The molecule has 2 fully saturated rings. The molecule has 0 aliphatic carbocycles. The molecule has 272 valence electrons. The number of Topliss-reactive ketones (excluding diaryl/α,β-unsaturated/α-hetero) is 2. The topological polar surface area (TPSA) is 146 Å². The molecule has 2 heterocycles. The highest BCUT2D eigenvalue weighted by Crippen LogP contribution is 2.42. The van der Waals surface area contributed by atoms with E-state index in [9.17, 15) is 19.9 Å². The first kappa shape index (κ1) is 39.4. The van der Waals surface area contributed by atoms with Gasteiger partial charge in [-0.1, -0.05) is 114 Å². The van der Waals surface area contributed by atoms with Crippen LogP contribution in [0.5, 0.6) is 0 Å². The Morgan fingerprint density at radius 2 is 1.42 bits per heavy atom. The van der Waals surface area contributed by atoms with Gasteiger partial charge in [-0.05, 0) is 53.0 Å². The summed E-state index contributed by atoms with van der Waals surface area (Å²) in [5, 5.41) is 5.57. The maximum Gasteiger partial charge on any atom is 0.306 e. The molecular formula is C38H53N3O8Si. The molecule has 4 rings (SSSR count). The summed E-state index contributed by atoms with van der Waals surface area (Å²) >= 11 is 0. The summed E-state index contributed by atoms with van der Waals surface area (Å²) < 4.78 is 33.2. The highest BCUT2D eigenvalue weighted by molar-refractivity contribution is 6.99. The molecule has 0 bridgehead atoms. The van der Waals surface area contributed by atoms with E-state index in [1.165, 1.54) is 13.8 Å². The number of hydrogen-bond donors (Lipinski definition) is 0. The molecule has 0 amide bonds. The van der Waals surface area contributed by atoms with Crippen LogP contribution in [0.3, 0.4) is 0 Å². The van der Waals surface area contributed by atoms with Crippen LogP contribution in [-0.4, -0.2) is 68.9 Å². The van der Waals surface area contributed by atoms with Gasteiger partial charge in [0.1, 0.15) is 18.0 Å². The molecule has 2 aromatic carbocycles. The molecule has 0 saturated carbocycles. The largest absolute Gasteiger partial charge is 0.457 e. The molecule has 2 saturated heterocycles. The molecule has 10 atom stereocenters. The third-order valence-corrected chi connectivity index (χ3v) is 15.4. The maximum absolute atomic E-state index is 13.5. The fourth-order valence-electron chi connectivity index (χ4n) is 7.37. The van der Waals surface area contributed by atoms with Crippen molar-refractivity contribution in [3.63, 3.8) is 0 Å². The van der Waals surface area contributed by atoms with Gasteiger partial charge in [0, 0.05) is 17.3 Å². The zero-order valence-corrected chi connectivity index (χ0v) is 31.8. The van der Waals surface area contributed by atoms with Gasteiger partial charge >= 0.3 is 5.97 Å². The second-order valence-electron chi connectivity index (χ2n) is 14.8. The van der Waals surface area contributed by atoms with E-state index in [0.717, 1.165) is 10.4 Å². The van der Waals surface area contributed by atoms with Gasteiger partial charge in [0.25, 0.3) is 8.32 Å². The number of azide groups is 1. The normalized spacial score (nSPS) is 30.2. The van der Waals surface area contributed by atoms with Gasteiger partial charge in [0.05, 0.1) is 18.6 Å². The van der Waals surface area contributed by atoms with Crippen molar-refractivity contribution in [2.24, 2.45) is 22.9 Å². The number of ketones is 2. The molecule has 2 unspecified atom stereocenters. The Bertz CT molecular complexity index is 1470. The molecule has 0 spiro atoms. The predicted octanol–water partition coefficient (Wildman–Crippen LogP) is 6.27. The average molecular weight is 708 g/mol. The van der Waals surface area contributed by atoms with Crippen LogP contribution in [-0.2, 0) is 37.8 Å². The van der Waals surface area contributed by atoms with Crippen LogP contribution in [0, 0.1) is 17.8 Å². The van der Waals surface area contributed by atoms with E-state index in [4.69, 9.17) is 23.4 Å². The molecule has 11 nitrogen and oxygen atoms in total. The monoisotopic (exact) mass is 707 g/mol. The van der Waals surface area contributed by atoms with Crippen LogP contribution in [0.2, 0.25) is 5.04 Å². The molecule has 0 aromatic heterocycles. The van der Waals surface area contributed by atoms with E-state index < -0.39 is 62.2 Å². The summed E-state index contributed by atoms with van der Waals surface area (Å²) in [6.07, 6.45) is -4.79. The first-order valence-electron chi connectivity index (χ1n) is 17.6. The fourth-order valence-corrected chi connectivity index (χ4v) is 11.9. The molecule has 2 aliphatic heterocycles. The fraction of sp³-hybridized carbons (Fsp3) is 0.605. The number of carbonyl (C=O) groups is 3. The lowest BCUT2D eigenvalue weighted by atomic mass is 9.81. The number of rotatable bonds is 13. The number of nitrogens with zero attached hydrogens (tertiary/aromatic N) is 3. The quantitative estimate of drug-likeness (QED) is 0.0779. The lowest BCUT2D eigenvalue weighted by Gasteiger charge is -2.51. The van der Waals surface area contributed by atoms with Crippen molar-refractivity contribution in [3.8, 4) is 0 Å². The standard InChI is InChI=1S/C38H53N3O8Si/c1-10-30-24(3)25(4)32(40-41-39)36(45-30)47-33-26(5)34(46-31(44)22-21-23(2)42)37(48-35(33)27(6)43)49-50(38(7,8)9,28-17-13-11-14-18-28)29-19-15-12-16-20-29/h11-20,24-26,30,32-37H,10,21-22H2,1-9H3/t24-,25-,26-,30-,32?,33-,34?,35-,36+,37-/m0/s1. The van der Waals surface area contributed by atoms with Crippen molar-refractivity contribution in [1.29, 1.82) is 0 Å². The van der Waals surface area contributed by atoms with E-state index in [1.807, 2.05) is 81.4 Å².